The van der Waals surface area contributed by atoms with E-state index in [1.165, 1.54) is 25.7 Å². The summed E-state index contributed by atoms with van der Waals surface area (Å²) in [6, 6.07) is 0.546. The molecule has 0 amide bonds. The highest BCUT2D eigenvalue weighted by Gasteiger charge is 2.29. The Morgan fingerprint density at radius 2 is 2.00 bits per heavy atom. The summed E-state index contributed by atoms with van der Waals surface area (Å²) in [4.78, 5) is 0. The van der Waals surface area contributed by atoms with Crippen LogP contribution in [0.3, 0.4) is 0 Å². The van der Waals surface area contributed by atoms with E-state index in [1.807, 2.05) is 0 Å². The van der Waals surface area contributed by atoms with Gasteiger partial charge in [-0.2, -0.15) is 0 Å². The van der Waals surface area contributed by atoms with Gasteiger partial charge in [0.15, 0.2) is 0 Å². The van der Waals surface area contributed by atoms with Crippen LogP contribution in [0.1, 0.15) is 39.5 Å². The average Bonchev–Trinajstić information content (AvgIpc) is 2.31. The van der Waals surface area contributed by atoms with Gasteiger partial charge in [-0.15, -0.1) is 0 Å². The van der Waals surface area contributed by atoms with E-state index in [2.05, 4.69) is 19.2 Å². The second-order valence-electron chi connectivity index (χ2n) is 4.65. The molecule has 0 saturated heterocycles. The Morgan fingerprint density at radius 3 is 2.62 bits per heavy atom. The molecule has 96 valence electrons. The number of hydrogen-bond donors (Lipinski definition) is 1. The Kier molecular flexibility index (Phi) is 7.01. The van der Waals surface area contributed by atoms with Gasteiger partial charge in [-0.1, -0.05) is 20.3 Å². The van der Waals surface area contributed by atoms with E-state index in [4.69, 9.17) is 9.47 Å². The minimum absolute atomic E-state index is 0.383. The van der Waals surface area contributed by atoms with Crippen molar-refractivity contribution in [2.24, 2.45) is 5.92 Å². The van der Waals surface area contributed by atoms with E-state index in [-0.39, 0.29) is 0 Å². The van der Waals surface area contributed by atoms with Crippen molar-refractivity contribution in [2.45, 2.75) is 51.7 Å². The van der Waals surface area contributed by atoms with Gasteiger partial charge in [-0.3, -0.25) is 0 Å². The number of methoxy groups -OCH3 is 1. The molecule has 1 rings (SSSR count). The minimum atomic E-state index is 0.383. The van der Waals surface area contributed by atoms with Gasteiger partial charge in [-0.05, 0) is 31.7 Å². The summed E-state index contributed by atoms with van der Waals surface area (Å²) >= 11 is 0. The lowest BCUT2D eigenvalue weighted by atomic mass is 9.82. The monoisotopic (exact) mass is 229 g/mol. The van der Waals surface area contributed by atoms with Crippen molar-refractivity contribution >= 4 is 0 Å². The minimum Gasteiger partial charge on any atom is -0.382 e. The van der Waals surface area contributed by atoms with E-state index in [1.54, 1.807) is 7.11 Å². The number of hydrogen-bond acceptors (Lipinski definition) is 3. The molecule has 1 aliphatic carbocycles. The van der Waals surface area contributed by atoms with E-state index < -0.39 is 0 Å². The molecule has 0 aliphatic heterocycles. The molecule has 1 saturated carbocycles. The second kappa shape index (κ2) is 8.04. The highest BCUT2D eigenvalue weighted by atomic mass is 16.5. The summed E-state index contributed by atoms with van der Waals surface area (Å²) in [6.07, 6.45) is 5.47. The molecule has 0 aromatic carbocycles. The lowest BCUT2D eigenvalue weighted by molar-refractivity contribution is -0.0295. The largest absolute Gasteiger partial charge is 0.382 e. The van der Waals surface area contributed by atoms with E-state index in [0.29, 0.717) is 18.8 Å². The van der Waals surface area contributed by atoms with Gasteiger partial charge >= 0.3 is 0 Å². The number of nitrogens with one attached hydrogen (secondary N) is 1. The average molecular weight is 229 g/mol. The first-order chi connectivity index (χ1) is 7.81. The zero-order valence-electron chi connectivity index (χ0n) is 11.0. The molecule has 0 radical (unpaired) electrons. The predicted octanol–water partition coefficient (Wildman–Crippen LogP) is 2.21. The fourth-order valence-electron chi connectivity index (χ4n) is 2.55. The first-order valence-corrected chi connectivity index (χ1v) is 6.65. The molecule has 3 atom stereocenters. The van der Waals surface area contributed by atoms with Gasteiger partial charge in [0.25, 0.3) is 0 Å². The van der Waals surface area contributed by atoms with Crippen molar-refractivity contribution in [2.75, 3.05) is 26.9 Å². The van der Waals surface area contributed by atoms with Crippen molar-refractivity contribution in [3.63, 3.8) is 0 Å². The number of ether oxygens (including phenoxy) is 2. The lowest BCUT2D eigenvalue weighted by Crippen LogP contribution is -2.45. The maximum atomic E-state index is 5.93. The number of likely N-dealkylation sites (N-methyl/N-ethyl adjacent to an activating group) is 1. The molecule has 1 N–H and O–H groups in total. The van der Waals surface area contributed by atoms with Crippen molar-refractivity contribution in [3.8, 4) is 0 Å². The van der Waals surface area contributed by atoms with Crippen LogP contribution in [0.5, 0.6) is 0 Å². The van der Waals surface area contributed by atoms with Crippen molar-refractivity contribution in [1.29, 1.82) is 0 Å². The molecule has 3 heteroatoms. The third-order valence-electron chi connectivity index (χ3n) is 3.56. The normalized spacial score (nSPS) is 30.6. The van der Waals surface area contributed by atoms with Crippen LogP contribution in [0.4, 0.5) is 0 Å². The second-order valence-corrected chi connectivity index (χ2v) is 4.65. The van der Waals surface area contributed by atoms with Gasteiger partial charge in [0, 0.05) is 13.2 Å². The Morgan fingerprint density at radius 1 is 1.19 bits per heavy atom. The van der Waals surface area contributed by atoms with Crippen molar-refractivity contribution in [1.82, 2.24) is 5.32 Å². The van der Waals surface area contributed by atoms with Crippen molar-refractivity contribution in [3.05, 3.63) is 0 Å². The van der Waals surface area contributed by atoms with Crippen LogP contribution in [0, 0.1) is 5.92 Å². The van der Waals surface area contributed by atoms with Crippen LogP contribution in [-0.2, 0) is 9.47 Å². The van der Waals surface area contributed by atoms with E-state index >= 15 is 0 Å². The van der Waals surface area contributed by atoms with Crippen LogP contribution < -0.4 is 5.32 Å². The summed E-state index contributed by atoms with van der Waals surface area (Å²) < 4.78 is 11.0. The van der Waals surface area contributed by atoms with Crippen LogP contribution in [-0.4, -0.2) is 39.0 Å². The van der Waals surface area contributed by atoms with Crippen LogP contribution in [0.15, 0.2) is 0 Å². The summed E-state index contributed by atoms with van der Waals surface area (Å²) in [7, 11) is 1.72. The lowest BCUT2D eigenvalue weighted by Gasteiger charge is -2.36. The standard InChI is InChI=1S/C13H27NO2/c1-4-11-6-7-12(14-5-2)13(10-11)16-9-8-15-3/h11-14H,4-10H2,1-3H3. The zero-order valence-corrected chi connectivity index (χ0v) is 11.0. The maximum Gasteiger partial charge on any atom is 0.0731 e. The van der Waals surface area contributed by atoms with Gasteiger partial charge in [0.1, 0.15) is 0 Å². The Hall–Kier alpha value is -0.120. The molecule has 16 heavy (non-hydrogen) atoms. The van der Waals surface area contributed by atoms with Crippen LogP contribution in [0.2, 0.25) is 0 Å². The predicted molar refractivity (Wildman–Crippen MR) is 66.7 cm³/mol. The molecule has 1 aliphatic rings. The fraction of sp³-hybridized carbons (Fsp3) is 1.00. The molecule has 0 heterocycles. The SMILES string of the molecule is CCNC1CCC(CC)CC1OCCOC. The first-order valence-electron chi connectivity index (χ1n) is 6.65. The molecule has 0 bridgehead atoms. The number of rotatable bonds is 7. The molecular formula is C13H27NO2. The van der Waals surface area contributed by atoms with Crippen molar-refractivity contribution < 1.29 is 9.47 Å². The smallest absolute Gasteiger partial charge is 0.0731 e. The first kappa shape index (κ1) is 13.9. The third kappa shape index (κ3) is 4.40. The quantitative estimate of drug-likeness (QED) is 0.679. The highest BCUT2D eigenvalue weighted by Crippen LogP contribution is 2.28. The Labute approximate surface area is 99.9 Å². The van der Waals surface area contributed by atoms with E-state index in [0.717, 1.165) is 19.1 Å². The molecule has 0 aromatic heterocycles. The topological polar surface area (TPSA) is 30.5 Å². The summed E-state index contributed by atoms with van der Waals surface area (Å²) in [5.41, 5.74) is 0. The van der Waals surface area contributed by atoms with Crippen LogP contribution >= 0.6 is 0 Å². The molecule has 0 aromatic rings. The third-order valence-corrected chi connectivity index (χ3v) is 3.56. The zero-order chi connectivity index (χ0) is 11.8. The van der Waals surface area contributed by atoms with Crippen LogP contribution in [0.25, 0.3) is 0 Å². The molecule has 3 unspecified atom stereocenters. The van der Waals surface area contributed by atoms with E-state index in [9.17, 15) is 0 Å². The summed E-state index contributed by atoms with van der Waals surface area (Å²) in [5, 5.41) is 3.54. The fourth-order valence-corrected chi connectivity index (χ4v) is 2.55. The molecular weight excluding hydrogens is 202 g/mol. The van der Waals surface area contributed by atoms with Gasteiger partial charge in [-0.25, -0.2) is 0 Å². The van der Waals surface area contributed by atoms with Gasteiger partial charge in [0.05, 0.1) is 19.3 Å². The van der Waals surface area contributed by atoms with Gasteiger partial charge in [0.2, 0.25) is 0 Å². The Balaban J connectivity index is 2.37. The molecule has 1 fully saturated rings. The Bertz CT molecular complexity index is 175. The van der Waals surface area contributed by atoms with Gasteiger partial charge < -0.3 is 14.8 Å². The maximum absolute atomic E-state index is 5.93. The summed E-state index contributed by atoms with van der Waals surface area (Å²) in [5.74, 6) is 0.849. The molecule has 0 spiro atoms. The molecule has 3 nitrogen and oxygen atoms in total. The highest BCUT2D eigenvalue weighted by molar-refractivity contribution is 4.85. The summed E-state index contributed by atoms with van der Waals surface area (Å²) in [6.45, 7) is 6.90.